The highest BCUT2D eigenvalue weighted by Gasteiger charge is 2.21. The summed E-state index contributed by atoms with van der Waals surface area (Å²) in [7, 11) is 0. The second-order valence-corrected chi connectivity index (χ2v) is 6.44. The van der Waals surface area contributed by atoms with Crippen molar-refractivity contribution in [2.75, 3.05) is 6.54 Å². The number of hydrogen-bond donors (Lipinski definition) is 3. The molecule has 110 valence electrons. The summed E-state index contributed by atoms with van der Waals surface area (Å²) in [5.41, 5.74) is 1.27. The predicted molar refractivity (Wildman–Crippen MR) is 76.1 cm³/mol. The number of nitrogens with one attached hydrogen (secondary N) is 1. The molecule has 0 fully saturated rings. The molecule has 0 aromatic carbocycles. The molecule has 0 bridgehead atoms. The first-order valence-electron chi connectivity index (χ1n) is 6.78. The second kappa shape index (κ2) is 6.37. The van der Waals surface area contributed by atoms with E-state index < -0.39 is 12.1 Å². The van der Waals surface area contributed by atoms with E-state index in [4.69, 9.17) is 10.2 Å². The van der Waals surface area contributed by atoms with Crippen molar-refractivity contribution in [1.29, 1.82) is 0 Å². The Bertz CT molecular complexity index is 511. The van der Waals surface area contributed by atoms with Gasteiger partial charge in [0.1, 0.15) is 0 Å². The molecule has 1 heterocycles. The van der Waals surface area contributed by atoms with E-state index in [0.29, 0.717) is 10.8 Å². The zero-order valence-electron chi connectivity index (χ0n) is 11.4. The van der Waals surface area contributed by atoms with Crippen LogP contribution in [0.4, 0.5) is 0 Å². The van der Waals surface area contributed by atoms with E-state index in [-0.39, 0.29) is 18.9 Å². The Morgan fingerprint density at radius 2 is 2.30 bits per heavy atom. The van der Waals surface area contributed by atoms with Gasteiger partial charge in [-0.1, -0.05) is 6.92 Å². The van der Waals surface area contributed by atoms with Gasteiger partial charge in [-0.3, -0.25) is 4.79 Å². The van der Waals surface area contributed by atoms with Crippen molar-refractivity contribution < 1.29 is 19.8 Å². The molecule has 0 radical (unpaired) electrons. The minimum atomic E-state index is -1.42. The second-order valence-electron chi connectivity index (χ2n) is 5.31. The minimum absolute atomic E-state index is 0.0171. The number of aliphatic carboxylic acids is 1. The molecule has 5 nitrogen and oxygen atoms in total. The van der Waals surface area contributed by atoms with Crippen LogP contribution in [0.15, 0.2) is 6.07 Å². The van der Waals surface area contributed by atoms with Crippen LogP contribution in [0.5, 0.6) is 0 Å². The van der Waals surface area contributed by atoms with Crippen molar-refractivity contribution in [1.82, 2.24) is 5.32 Å². The smallest absolute Gasteiger partial charge is 0.332 e. The van der Waals surface area contributed by atoms with E-state index in [0.717, 1.165) is 12.8 Å². The third-order valence-electron chi connectivity index (χ3n) is 3.54. The number of aryl methyl sites for hydroxylation is 1. The maximum absolute atomic E-state index is 12.0. The molecule has 20 heavy (non-hydrogen) atoms. The van der Waals surface area contributed by atoms with Crippen LogP contribution in [0.1, 0.15) is 39.9 Å². The van der Waals surface area contributed by atoms with Gasteiger partial charge >= 0.3 is 5.97 Å². The van der Waals surface area contributed by atoms with Gasteiger partial charge in [-0.15, -0.1) is 11.3 Å². The lowest BCUT2D eigenvalue weighted by atomic mass is 9.90. The molecule has 0 saturated heterocycles. The zero-order chi connectivity index (χ0) is 14.7. The number of fused-ring (bicyclic) bond motifs is 1. The molecular formula is C14H19NO4S. The van der Waals surface area contributed by atoms with E-state index in [1.165, 1.54) is 28.2 Å². The number of hydrogen-bond acceptors (Lipinski definition) is 4. The number of carbonyl (C=O) groups is 2. The lowest BCUT2D eigenvalue weighted by Crippen LogP contribution is -2.29. The third kappa shape index (κ3) is 3.58. The van der Waals surface area contributed by atoms with Gasteiger partial charge < -0.3 is 15.5 Å². The normalized spacial score (nSPS) is 19.2. The molecule has 1 aromatic heterocycles. The van der Waals surface area contributed by atoms with E-state index in [9.17, 15) is 9.59 Å². The lowest BCUT2D eigenvalue weighted by molar-refractivity contribution is -0.146. The third-order valence-corrected chi connectivity index (χ3v) is 4.78. The van der Waals surface area contributed by atoms with Gasteiger partial charge in [-0.25, -0.2) is 4.79 Å². The maximum Gasteiger partial charge on any atom is 0.332 e. The average Bonchev–Trinajstić information content (AvgIpc) is 2.81. The van der Waals surface area contributed by atoms with Crippen LogP contribution in [0.2, 0.25) is 0 Å². The summed E-state index contributed by atoms with van der Waals surface area (Å²) < 4.78 is 0. The number of amides is 1. The summed E-state index contributed by atoms with van der Waals surface area (Å²) in [5, 5.41) is 20.3. The first-order chi connectivity index (χ1) is 9.47. The average molecular weight is 297 g/mol. The number of aliphatic hydroxyl groups is 1. The summed E-state index contributed by atoms with van der Waals surface area (Å²) in [4.78, 5) is 24.4. The summed E-state index contributed by atoms with van der Waals surface area (Å²) >= 11 is 1.52. The van der Waals surface area contributed by atoms with Crippen LogP contribution < -0.4 is 5.32 Å². The van der Waals surface area contributed by atoms with E-state index in [2.05, 4.69) is 12.2 Å². The molecule has 3 N–H and O–H groups in total. The van der Waals surface area contributed by atoms with Gasteiger partial charge in [-0.05, 0) is 36.8 Å². The van der Waals surface area contributed by atoms with Crippen molar-refractivity contribution >= 4 is 23.2 Å². The van der Waals surface area contributed by atoms with Crippen molar-refractivity contribution in [3.8, 4) is 0 Å². The zero-order valence-corrected chi connectivity index (χ0v) is 12.2. The summed E-state index contributed by atoms with van der Waals surface area (Å²) in [6.45, 7) is 2.37. The Labute approximate surface area is 121 Å². The highest BCUT2D eigenvalue weighted by Crippen LogP contribution is 2.32. The molecule has 0 aliphatic heterocycles. The highest BCUT2D eigenvalue weighted by atomic mass is 32.1. The summed E-state index contributed by atoms with van der Waals surface area (Å²) in [6.07, 6.45) is 1.82. The molecule has 1 aromatic rings. The number of thiophene rings is 1. The molecule has 0 saturated carbocycles. The molecular weight excluding hydrogens is 278 g/mol. The SMILES string of the molecule is CC1CCc2sc(C(=O)NCC[C@H](O)C(=O)O)cc2C1. The topological polar surface area (TPSA) is 86.6 Å². The van der Waals surface area contributed by atoms with Gasteiger partial charge in [-0.2, -0.15) is 0 Å². The maximum atomic E-state index is 12.0. The largest absolute Gasteiger partial charge is 0.479 e. The lowest BCUT2D eigenvalue weighted by Gasteiger charge is -2.16. The van der Waals surface area contributed by atoms with Crippen molar-refractivity contribution in [2.24, 2.45) is 5.92 Å². The Morgan fingerprint density at radius 3 is 3.00 bits per heavy atom. The monoisotopic (exact) mass is 297 g/mol. The van der Waals surface area contributed by atoms with Crippen LogP contribution in [0, 0.1) is 5.92 Å². The standard InChI is InChI=1S/C14H19NO4S/c1-8-2-3-11-9(6-8)7-12(20-11)13(17)15-5-4-10(16)14(18)19/h7-8,10,16H,2-6H2,1H3,(H,15,17)(H,18,19)/t8?,10-/m0/s1. The fourth-order valence-electron chi connectivity index (χ4n) is 2.35. The predicted octanol–water partition coefficient (Wildman–Crippen LogP) is 1.44. The number of carboxylic acid groups (broad SMARTS) is 1. The Balaban J connectivity index is 1.89. The molecule has 1 unspecified atom stereocenters. The number of aliphatic hydroxyl groups excluding tert-OH is 1. The molecule has 2 atom stereocenters. The van der Waals surface area contributed by atoms with Gasteiger partial charge in [0.05, 0.1) is 4.88 Å². The van der Waals surface area contributed by atoms with Crippen LogP contribution in [-0.4, -0.2) is 34.7 Å². The fraction of sp³-hybridized carbons (Fsp3) is 0.571. The van der Waals surface area contributed by atoms with E-state index in [1.807, 2.05) is 6.07 Å². The first-order valence-corrected chi connectivity index (χ1v) is 7.59. The molecule has 1 aliphatic rings. The fourth-order valence-corrected chi connectivity index (χ4v) is 3.48. The quantitative estimate of drug-likeness (QED) is 0.767. The van der Waals surface area contributed by atoms with Crippen LogP contribution >= 0.6 is 11.3 Å². The van der Waals surface area contributed by atoms with E-state index >= 15 is 0 Å². The van der Waals surface area contributed by atoms with E-state index in [1.54, 1.807) is 0 Å². The number of rotatable bonds is 5. The van der Waals surface area contributed by atoms with Crippen LogP contribution in [0.25, 0.3) is 0 Å². The molecule has 6 heteroatoms. The number of carboxylic acids is 1. The highest BCUT2D eigenvalue weighted by molar-refractivity contribution is 7.14. The summed E-state index contributed by atoms with van der Waals surface area (Å²) in [6, 6.07) is 1.94. The Kier molecular flexibility index (Phi) is 4.77. The first kappa shape index (κ1) is 15.0. The Hall–Kier alpha value is -1.40. The number of carbonyl (C=O) groups excluding carboxylic acids is 1. The van der Waals surface area contributed by atoms with Gasteiger partial charge in [0.25, 0.3) is 5.91 Å². The van der Waals surface area contributed by atoms with Crippen LogP contribution in [-0.2, 0) is 17.6 Å². The molecule has 1 aliphatic carbocycles. The minimum Gasteiger partial charge on any atom is -0.479 e. The van der Waals surface area contributed by atoms with Crippen LogP contribution in [0.3, 0.4) is 0 Å². The van der Waals surface area contributed by atoms with Crippen molar-refractivity contribution in [2.45, 2.75) is 38.7 Å². The molecule has 2 rings (SSSR count). The van der Waals surface area contributed by atoms with Crippen molar-refractivity contribution in [3.05, 3.63) is 21.4 Å². The van der Waals surface area contributed by atoms with Gasteiger partial charge in [0.2, 0.25) is 0 Å². The molecule has 1 amide bonds. The van der Waals surface area contributed by atoms with Gasteiger partial charge in [0.15, 0.2) is 6.10 Å². The van der Waals surface area contributed by atoms with Gasteiger partial charge in [0, 0.05) is 17.8 Å². The molecule has 0 spiro atoms. The van der Waals surface area contributed by atoms with Crippen molar-refractivity contribution in [3.63, 3.8) is 0 Å². The summed E-state index contributed by atoms with van der Waals surface area (Å²) in [5.74, 6) is -0.784. The Morgan fingerprint density at radius 1 is 1.55 bits per heavy atom.